The minimum atomic E-state index is -3.37. The number of hydrogen-bond donors (Lipinski definition) is 1. The van der Waals surface area contributed by atoms with Crippen LogP contribution >= 0.6 is 15.9 Å². The first kappa shape index (κ1) is 15.5. The second kappa shape index (κ2) is 6.54. The molecule has 0 radical (unpaired) electrons. The van der Waals surface area contributed by atoms with E-state index in [0.29, 0.717) is 5.69 Å². The molecule has 0 aliphatic heterocycles. The molecule has 1 N–H and O–H groups in total. The van der Waals surface area contributed by atoms with Gasteiger partial charge in [-0.25, -0.2) is 8.42 Å². The molecule has 0 aliphatic carbocycles. The summed E-state index contributed by atoms with van der Waals surface area (Å²) in [4.78, 5) is 0. The first-order valence-electron chi connectivity index (χ1n) is 5.69. The van der Waals surface area contributed by atoms with Crippen molar-refractivity contribution in [3.05, 3.63) is 28.2 Å². The summed E-state index contributed by atoms with van der Waals surface area (Å²) in [7, 11) is -3.37. The Labute approximate surface area is 117 Å². The Morgan fingerprint density at radius 2 is 2.06 bits per heavy atom. The number of benzene rings is 1. The Morgan fingerprint density at radius 1 is 1.39 bits per heavy atom. The van der Waals surface area contributed by atoms with E-state index in [4.69, 9.17) is 4.74 Å². The Hall–Kier alpha value is -0.590. The third-order valence-electron chi connectivity index (χ3n) is 2.34. The van der Waals surface area contributed by atoms with Crippen LogP contribution in [-0.4, -0.2) is 26.9 Å². The summed E-state index contributed by atoms with van der Waals surface area (Å²) < 4.78 is 32.4. The van der Waals surface area contributed by atoms with Crippen LogP contribution in [0.3, 0.4) is 0 Å². The van der Waals surface area contributed by atoms with E-state index in [2.05, 4.69) is 20.7 Å². The molecule has 0 fully saturated rings. The molecule has 0 unspecified atom stereocenters. The molecule has 0 spiro atoms. The minimum absolute atomic E-state index is 0.0350. The summed E-state index contributed by atoms with van der Waals surface area (Å²) in [5, 5.41) is 0. The van der Waals surface area contributed by atoms with Crippen molar-refractivity contribution in [3.63, 3.8) is 0 Å². The second-order valence-electron chi connectivity index (χ2n) is 4.25. The number of anilines is 1. The van der Waals surface area contributed by atoms with Crippen LogP contribution in [0.4, 0.5) is 5.69 Å². The zero-order chi connectivity index (χ0) is 13.8. The van der Waals surface area contributed by atoms with Crippen molar-refractivity contribution in [1.82, 2.24) is 0 Å². The van der Waals surface area contributed by atoms with E-state index in [1.165, 1.54) is 0 Å². The monoisotopic (exact) mass is 335 g/mol. The molecule has 0 saturated carbocycles. The fourth-order valence-electron chi connectivity index (χ4n) is 1.33. The third-order valence-corrected chi connectivity index (χ3v) is 4.43. The molecule has 0 aromatic heterocycles. The van der Waals surface area contributed by atoms with Crippen LogP contribution in [0, 0.1) is 6.92 Å². The Morgan fingerprint density at radius 3 is 2.67 bits per heavy atom. The Bertz CT molecular complexity index is 500. The molecule has 102 valence electrons. The minimum Gasteiger partial charge on any atom is -0.378 e. The maximum Gasteiger partial charge on any atom is 0.235 e. The normalized spacial score (nSPS) is 11.8. The lowest BCUT2D eigenvalue weighted by Gasteiger charge is -2.12. The highest BCUT2D eigenvalue weighted by Gasteiger charge is 2.13. The van der Waals surface area contributed by atoms with Gasteiger partial charge in [0.2, 0.25) is 10.0 Å². The van der Waals surface area contributed by atoms with Gasteiger partial charge in [0, 0.05) is 4.47 Å². The van der Waals surface area contributed by atoms with Gasteiger partial charge in [-0.3, -0.25) is 4.72 Å². The van der Waals surface area contributed by atoms with Crippen molar-refractivity contribution in [2.75, 3.05) is 17.1 Å². The largest absolute Gasteiger partial charge is 0.378 e. The van der Waals surface area contributed by atoms with E-state index < -0.39 is 10.0 Å². The molecular weight excluding hydrogens is 318 g/mol. The smallest absolute Gasteiger partial charge is 0.235 e. The van der Waals surface area contributed by atoms with Gasteiger partial charge in [-0.05, 0) is 38.5 Å². The van der Waals surface area contributed by atoms with Crippen LogP contribution in [0.1, 0.15) is 19.4 Å². The zero-order valence-electron chi connectivity index (χ0n) is 10.7. The molecule has 1 rings (SSSR count). The molecule has 0 bridgehead atoms. The van der Waals surface area contributed by atoms with E-state index in [-0.39, 0.29) is 18.5 Å². The highest BCUT2D eigenvalue weighted by Crippen LogP contribution is 2.24. The van der Waals surface area contributed by atoms with Gasteiger partial charge in [-0.1, -0.05) is 22.0 Å². The highest BCUT2D eigenvalue weighted by molar-refractivity contribution is 9.10. The van der Waals surface area contributed by atoms with Crippen molar-refractivity contribution in [2.24, 2.45) is 0 Å². The van der Waals surface area contributed by atoms with Crippen molar-refractivity contribution < 1.29 is 13.2 Å². The predicted octanol–water partition coefficient (Wildman–Crippen LogP) is 2.92. The molecule has 0 aliphatic rings. The number of halogens is 1. The van der Waals surface area contributed by atoms with Crippen molar-refractivity contribution >= 4 is 31.6 Å². The summed E-state index contributed by atoms with van der Waals surface area (Å²) in [6.07, 6.45) is 0.0350. The van der Waals surface area contributed by atoms with Gasteiger partial charge in [-0.15, -0.1) is 0 Å². The number of sulfonamides is 1. The first-order chi connectivity index (χ1) is 8.32. The lowest BCUT2D eigenvalue weighted by atomic mass is 10.2. The van der Waals surface area contributed by atoms with Crippen LogP contribution < -0.4 is 4.72 Å². The maximum absolute atomic E-state index is 11.8. The lowest BCUT2D eigenvalue weighted by molar-refractivity contribution is 0.0913. The standard InChI is InChI=1S/C12H18BrNO3S/c1-9(2)17-7-8-18(15,16)14-12-6-4-5-11(13)10(12)3/h4-6,9,14H,7-8H2,1-3H3. The topological polar surface area (TPSA) is 55.4 Å². The summed E-state index contributed by atoms with van der Waals surface area (Å²) in [5.74, 6) is -0.0445. The molecule has 1 aromatic rings. The fraction of sp³-hybridized carbons (Fsp3) is 0.500. The number of nitrogens with one attached hydrogen (secondary N) is 1. The molecule has 18 heavy (non-hydrogen) atoms. The number of rotatable bonds is 6. The van der Waals surface area contributed by atoms with Gasteiger partial charge in [0.15, 0.2) is 0 Å². The van der Waals surface area contributed by atoms with Crippen LogP contribution in [0.25, 0.3) is 0 Å². The molecular formula is C12H18BrNO3S. The first-order valence-corrected chi connectivity index (χ1v) is 8.13. The van der Waals surface area contributed by atoms with Crippen LogP contribution in [-0.2, 0) is 14.8 Å². The molecule has 0 heterocycles. The summed E-state index contributed by atoms with van der Waals surface area (Å²) >= 11 is 3.37. The van der Waals surface area contributed by atoms with Gasteiger partial charge in [-0.2, -0.15) is 0 Å². The Kier molecular flexibility index (Phi) is 5.62. The summed E-state index contributed by atoms with van der Waals surface area (Å²) in [6.45, 7) is 5.80. The predicted molar refractivity (Wildman–Crippen MR) is 77.4 cm³/mol. The van der Waals surface area contributed by atoms with Gasteiger partial charge >= 0.3 is 0 Å². The SMILES string of the molecule is Cc1c(Br)cccc1NS(=O)(=O)CCOC(C)C. The van der Waals surface area contributed by atoms with Crippen molar-refractivity contribution in [2.45, 2.75) is 26.9 Å². The summed E-state index contributed by atoms with van der Waals surface area (Å²) in [6, 6.07) is 5.40. The molecule has 6 heteroatoms. The Balaban J connectivity index is 2.68. The van der Waals surface area contributed by atoms with E-state index in [0.717, 1.165) is 10.0 Å². The maximum atomic E-state index is 11.8. The number of ether oxygens (including phenoxy) is 1. The highest BCUT2D eigenvalue weighted by atomic mass is 79.9. The average molecular weight is 336 g/mol. The van der Waals surface area contributed by atoms with Gasteiger partial charge in [0.1, 0.15) is 0 Å². The zero-order valence-corrected chi connectivity index (χ0v) is 13.1. The molecule has 0 saturated heterocycles. The van der Waals surface area contributed by atoms with E-state index >= 15 is 0 Å². The molecule has 4 nitrogen and oxygen atoms in total. The average Bonchev–Trinajstić information content (AvgIpc) is 2.23. The molecule has 0 amide bonds. The quantitative estimate of drug-likeness (QED) is 0.869. The molecule has 1 aromatic carbocycles. The van der Waals surface area contributed by atoms with Gasteiger partial charge in [0.05, 0.1) is 24.2 Å². The van der Waals surface area contributed by atoms with Crippen LogP contribution in [0.15, 0.2) is 22.7 Å². The van der Waals surface area contributed by atoms with Crippen LogP contribution in [0.5, 0.6) is 0 Å². The summed E-state index contributed by atoms with van der Waals surface area (Å²) in [5.41, 5.74) is 1.46. The van der Waals surface area contributed by atoms with Crippen molar-refractivity contribution in [1.29, 1.82) is 0 Å². The van der Waals surface area contributed by atoms with E-state index in [1.807, 2.05) is 26.8 Å². The van der Waals surface area contributed by atoms with E-state index in [9.17, 15) is 8.42 Å². The third kappa shape index (κ3) is 4.96. The lowest BCUT2D eigenvalue weighted by Crippen LogP contribution is -2.22. The number of hydrogen-bond acceptors (Lipinski definition) is 3. The van der Waals surface area contributed by atoms with Gasteiger partial charge < -0.3 is 4.74 Å². The van der Waals surface area contributed by atoms with Crippen molar-refractivity contribution in [3.8, 4) is 0 Å². The van der Waals surface area contributed by atoms with Crippen LogP contribution in [0.2, 0.25) is 0 Å². The molecule has 0 atom stereocenters. The second-order valence-corrected chi connectivity index (χ2v) is 6.95. The van der Waals surface area contributed by atoms with E-state index in [1.54, 1.807) is 12.1 Å². The fourth-order valence-corrected chi connectivity index (χ4v) is 2.67. The van der Waals surface area contributed by atoms with Gasteiger partial charge in [0.25, 0.3) is 0 Å².